The van der Waals surface area contributed by atoms with Crippen LogP contribution in [0, 0.1) is 11.8 Å². The van der Waals surface area contributed by atoms with E-state index in [9.17, 15) is 4.79 Å². The molecule has 4 nitrogen and oxygen atoms in total. The maximum absolute atomic E-state index is 12.8. The highest BCUT2D eigenvalue weighted by Gasteiger charge is 2.29. The molecule has 27 heavy (non-hydrogen) atoms. The Labute approximate surface area is 169 Å². The van der Waals surface area contributed by atoms with E-state index in [1.807, 2.05) is 38.1 Å². The van der Waals surface area contributed by atoms with Gasteiger partial charge < -0.3 is 15.8 Å². The molecule has 0 aliphatic heterocycles. The average Bonchev–Trinajstić information content (AvgIpc) is 2.64. The summed E-state index contributed by atoms with van der Waals surface area (Å²) in [6.07, 6.45) is 8.08. The minimum Gasteiger partial charge on any atom is -0.378 e. The van der Waals surface area contributed by atoms with E-state index in [0.717, 1.165) is 17.0 Å². The van der Waals surface area contributed by atoms with E-state index in [-0.39, 0.29) is 24.0 Å². The van der Waals surface area contributed by atoms with Crippen molar-refractivity contribution in [3.63, 3.8) is 0 Å². The molecule has 2 rings (SSSR count). The van der Waals surface area contributed by atoms with Gasteiger partial charge in [-0.25, -0.2) is 0 Å². The zero-order valence-electron chi connectivity index (χ0n) is 16.8. The molecule has 5 heteroatoms. The molecular formula is C22H35ClN2O2. The zero-order chi connectivity index (χ0) is 19.6. The van der Waals surface area contributed by atoms with Gasteiger partial charge in [0, 0.05) is 17.6 Å². The molecule has 1 aromatic carbocycles. The van der Waals surface area contributed by atoms with Gasteiger partial charge in [0.05, 0.1) is 18.6 Å². The number of carbonyl (C=O) groups is 1. The Hall–Kier alpha value is -1.10. The number of amides is 1. The number of ether oxygens (including phenoxy) is 1. The molecule has 1 aromatic rings. The number of rotatable bonds is 10. The fourth-order valence-corrected chi connectivity index (χ4v) is 4.04. The van der Waals surface area contributed by atoms with Crippen LogP contribution in [0.1, 0.15) is 57.9 Å². The highest BCUT2D eigenvalue weighted by Crippen LogP contribution is 2.28. The van der Waals surface area contributed by atoms with E-state index in [1.165, 1.54) is 32.1 Å². The van der Waals surface area contributed by atoms with Gasteiger partial charge in [0.1, 0.15) is 0 Å². The van der Waals surface area contributed by atoms with Crippen molar-refractivity contribution >= 4 is 17.5 Å². The zero-order valence-corrected chi connectivity index (χ0v) is 17.5. The third-order valence-corrected chi connectivity index (χ3v) is 5.81. The lowest BCUT2D eigenvalue weighted by molar-refractivity contribution is -0.128. The van der Waals surface area contributed by atoms with Crippen LogP contribution in [0.5, 0.6) is 0 Å². The first-order chi connectivity index (χ1) is 13.0. The van der Waals surface area contributed by atoms with Crippen molar-refractivity contribution in [2.24, 2.45) is 17.6 Å². The molecular weight excluding hydrogens is 360 g/mol. The second-order valence-electron chi connectivity index (χ2n) is 8.02. The predicted molar refractivity (Wildman–Crippen MR) is 112 cm³/mol. The SMILES string of the molecule is CC(C)OCC(C(=O)NCCc1ccccc1Cl)[C@H](N)CC1CCCCC1. The number of halogens is 1. The topological polar surface area (TPSA) is 64.3 Å². The van der Waals surface area contributed by atoms with Gasteiger partial charge in [-0.05, 0) is 44.2 Å². The minimum atomic E-state index is -0.305. The van der Waals surface area contributed by atoms with Gasteiger partial charge >= 0.3 is 0 Å². The number of nitrogens with one attached hydrogen (secondary N) is 1. The number of nitrogens with two attached hydrogens (primary N) is 1. The highest BCUT2D eigenvalue weighted by molar-refractivity contribution is 6.31. The molecule has 0 radical (unpaired) electrons. The molecule has 1 saturated carbocycles. The smallest absolute Gasteiger partial charge is 0.227 e. The fraction of sp³-hybridized carbons (Fsp3) is 0.682. The largest absolute Gasteiger partial charge is 0.378 e. The van der Waals surface area contributed by atoms with Crippen LogP contribution in [-0.4, -0.2) is 31.2 Å². The van der Waals surface area contributed by atoms with Gasteiger partial charge in [-0.3, -0.25) is 4.79 Å². The molecule has 1 amide bonds. The van der Waals surface area contributed by atoms with E-state index in [0.29, 0.717) is 25.5 Å². The van der Waals surface area contributed by atoms with Crippen molar-refractivity contribution in [3.8, 4) is 0 Å². The number of hydrogen-bond acceptors (Lipinski definition) is 3. The van der Waals surface area contributed by atoms with Crippen LogP contribution in [0.2, 0.25) is 5.02 Å². The third-order valence-electron chi connectivity index (χ3n) is 5.44. The van der Waals surface area contributed by atoms with Crippen molar-refractivity contribution in [2.75, 3.05) is 13.2 Å². The molecule has 0 heterocycles. The van der Waals surface area contributed by atoms with E-state index in [2.05, 4.69) is 5.32 Å². The highest BCUT2D eigenvalue weighted by atomic mass is 35.5. The number of carbonyl (C=O) groups excluding carboxylic acids is 1. The molecule has 2 atom stereocenters. The van der Waals surface area contributed by atoms with Crippen LogP contribution >= 0.6 is 11.6 Å². The van der Waals surface area contributed by atoms with Gasteiger partial charge in [0.15, 0.2) is 0 Å². The van der Waals surface area contributed by atoms with Gasteiger partial charge in [-0.15, -0.1) is 0 Å². The normalized spacial score (nSPS) is 17.7. The molecule has 3 N–H and O–H groups in total. The Kier molecular flexibility index (Phi) is 9.60. The van der Waals surface area contributed by atoms with E-state index in [1.54, 1.807) is 0 Å². The Morgan fingerprint density at radius 1 is 1.26 bits per heavy atom. The molecule has 1 fully saturated rings. The third kappa shape index (κ3) is 7.81. The Morgan fingerprint density at radius 2 is 1.96 bits per heavy atom. The Balaban J connectivity index is 1.88. The molecule has 1 aliphatic rings. The van der Waals surface area contributed by atoms with Crippen molar-refractivity contribution in [2.45, 2.75) is 70.9 Å². The van der Waals surface area contributed by atoms with Crippen molar-refractivity contribution in [1.29, 1.82) is 0 Å². The lowest BCUT2D eigenvalue weighted by Gasteiger charge is -2.29. The average molecular weight is 395 g/mol. The summed E-state index contributed by atoms with van der Waals surface area (Å²) in [5.41, 5.74) is 7.52. The van der Waals surface area contributed by atoms with Crippen LogP contribution in [0.3, 0.4) is 0 Å². The van der Waals surface area contributed by atoms with Crippen LogP contribution in [0.4, 0.5) is 0 Å². The summed E-state index contributed by atoms with van der Waals surface area (Å²) >= 11 is 6.19. The fourth-order valence-electron chi connectivity index (χ4n) is 3.81. The second-order valence-corrected chi connectivity index (χ2v) is 8.43. The van der Waals surface area contributed by atoms with Gasteiger partial charge in [0.2, 0.25) is 5.91 Å². The van der Waals surface area contributed by atoms with Crippen LogP contribution < -0.4 is 11.1 Å². The molecule has 0 spiro atoms. The first-order valence-electron chi connectivity index (χ1n) is 10.4. The molecule has 1 aliphatic carbocycles. The molecule has 1 unspecified atom stereocenters. The maximum atomic E-state index is 12.8. The standard InChI is InChI=1S/C22H35ClN2O2/c1-16(2)27-15-19(21(24)14-17-8-4-3-5-9-17)22(26)25-13-12-18-10-6-7-11-20(18)23/h6-7,10-11,16-17,19,21H,3-5,8-9,12-15,24H2,1-2H3,(H,25,26)/t19?,21-/m1/s1. The summed E-state index contributed by atoms with van der Waals surface area (Å²) in [5, 5.41) is 3.78. The van der Waals surface area contributed by atoms with E-state index >= 15 is 0 Å². The molecule has 0 aromatic heterocycles. The quantitative estimate of drug-likeness (QED) is 0.620. The Bertz CT molecular complexity index is 573. The first kappa shape index (κ1) is 22.2. The summed E-state index contributed by atoms with van der Waals surface area (Å²) in [5.74, 6) is 0.331. The lowest BCUT2D eigenvalue weighted by atomic mass is 9.82. The minimum absolute atomic E-state index is 0.00832. The van der Waals surface area contributed by atoms with Crippen LogP contribution in [-0.2, 0) is 16.0 Å². The first-order valence-corrected chi connectivity index (χ1v) is 10.7. The maximum Gasteiger partial charge on any atom is 0.227 e. The molecule has 0 bridgehead atoms. The summed E-state index contributed by atoms with van der Waals surface area (Å²) in [4.78, 5) is 12.8. The van der Waals surface area contributed by atoms with E-state index in [4.69, 9.17) is 22.1 Å². The summed E-state index contributed by atoms with van der Waals surface area (Å²) in [6, 6.07) is 7.57. The van der Waals surface area contributed by atoms with Crippen molar-refractivity contribution in [1.82, 2.24) is 5.32 Å². The van der Waals surface area contributed by atoms with E-state index < -0.39 is 0 Å². The van der Waals surface area contributed by atoms with Gasteiger partial charge in [-0.1, -0.05) is 61.9 Å². The lowest BCUT2D eigenvalue weighted by Crippen LogP contribution is -2.46. The van der Waals surface area contributed by atoms with Crippen molar-refractivity contribution in [3.05, 3.63) is 34.9 Å². The number of hydrogen-bond donors (Lipinski definition) is 2. The summed E-state index contributed by atoms with van der Waals surface area (Å²) < 4.78 is 5.76. The second kappa shape index (κ2) is 11.7. The summed E-state index contributed by atoms with van der Waals surface area (Å²) in [7, 11) is 0. The Morgan fingerprint density at radius 3 is 2.63 bits per heavy atom. The molecule has 0 saturated heterocycles. The van der Waals surface area contributed by atoms with Gasteiger partial charge in [-0.2, -0.15) is 0 Å². The van der Waals surface area contributed by atoms with Crippen LogP contribution in [0.15, 0.2) is 24.3 Å². The molecule has 152 valence electrons. The monoisotopic (exact) mass is 394 g/mol. The number of benzene rings is 1. The summed E-state index contributed by atoms with van der Waals surface area (Å²) in [6.45, 7) is 4.90. The van der Waals surface area contributed by atoms with Gasteiger partial charge in [0.25, 0.3) is 0 Å². The predicted octanol–water partition coefficient (Wildman–Crippen LogP) is 4.34. The van der Waals surface area contributed by atoms with Crippen molar-refractivity contribution < 1.29 is 9.53 Å². The van der Waals surface area contributed by atoms with Crippen LogP contribution in [0.25, 0.3) is 0 Å².